The summed E-state index contributed by atoms with van der Waals surface area (Å²) in [5.41, 5.74) is 9.82. The highest BCUT2D eigenvalue weighted by atomic mass is 16.1. The van der Waals surface area contributed by atoms with Crippen LogP contribution in [-0.2, 0) is 6.54 Å². The first kappa shape index (κ1) is 20.6. The van der Waals surface area contributed by atoms with Crippen LogP contribution < -0.4 is 10.6 Å². The van der Waals surface area contributed by atoms with Gasteiger partial charge >= 0.3 is 0 Å². The average molecular weight is 411 g/mol. The lowest BCUT2D eigenvalue weighted by Gasteiger charge is -2.40. The minimum atomic E-state index is -0.446. The molecule has 0 atom stereocenters. The number of benzene rings is 3. The van der Waals surface area contributed by atoms with Crippen LogP contribution in [0.5, 0.6) is 0 Å². The van der Waals surface area contributed by atoms with Crippen LogP contribution in [0.4, 0.5) is 11.4 Å². The van der Waals surface area contributed by atoms with Gasteiger partial charge in [-0.2, -0.15) is 5.26 Å². The molecule has 1 fully saturated rings. The van der Waals surface area contributed by atoms with E-state index in [0.29, 0.717) is 11.1 Å². The Hall–Kier alpha value is -3.62. The second-order valence-electron chi connectivity index (χ2n) is 7.91. The Labute approximate surface area is 183 Å². The Morgan fingerprint density at radius 1 is 1.00 bits per heavy atom. The second-order valence-corrected chi connectivity index (χ2v) is 7.91. The monoisotopic (exact) mass is 410 g/mol. The molecular weight excluding hydrogens is 384 g/mol. The van der Waals surface area contributed by atoms with Crippen LogP contribution >= 0.6 is 0 Å². The summed E-state index contributed by atoms with van der Waals surface area (Å²) < 4.78 is 0. The molecule has 3 aromatic rings. The zero-order valence-corrected chi connectivity index (χ0v) is 17.4. The molecule has 1 heterocycles. The van der Waals surface area contributed by atoms with E-state index in [1.807, 2.05) is 42.5 Å². The molecule has 1 amide bonds. The van der Waals surface area contributed by atoms with Crippen molar-refractivity contribution in [3.8, 4) is 6.07 Å². The van der Waals surface area contributed by atoms with Gasteiger partial charge in [-0.05, 0) is 48.7 Å². The van der Waals surface area contributed by atoms with Crippen molar-refractivity contribution in [2.24, 2.45) is 5.73 Å². The van der Waals surface area contributed by atoms with Crippen LogP contribution in [0.2, 0.25) is 0 Å². The number of hydrogen-bond donors (Lipinski definition) is 1. The molecule has 1 saturated heterocycles. The van der Waals surface area contributed by atoms with Crippen LogP contribution in [0, 0.1) is 11.3 Å². The third-order valence-electron chi connectivity index (χ3n) is 5.85. The van der Waals surface area contributed by atoms with Crippen molar-refractivity contribution in [3.05, 3.63) is 95.6 Å². The van der Waals surface area contributed by atoms with Gasteiger partial charge in [-0.3, -0.25) is 9.69 Å². The highest BCUT2D eigenvalue weighted by Gasteiger charge is 2.28. The summed E-state index contributed by atoms with van der Waals surface area (Å²) in [7, 11) is 0. The van der Waals surface area contributed by atoms with Crippen molar-refractivity contribution in [2.45, 2.75) is 25.4 Å². The molecule has 156 valence electrons. The van der Waals surface area contributed by atoms with Gasteiger partial charge in [0, 0.05) is 31.4 Å². The molecule has 0 saturated carbocycles. The van der Waals surface area contributed by atoms with Gasteiger partial charge in [0.05, 0.1) is 22.9 Å². The molecule has 4 rings (SSSR count). The Morgan fingerprint density at radius 3 is 2.42 bits per heavy atom. The molecule has 3 aromatic carbocycles. The first-order valence-corrected chi connectivity index (χ1v) is 10.6. The van der Waals surface area contributed by atoms with Crippen LogP contribution in [0.15, 0.2) is 78.9 Å². The second kappa shape index (κ2) is 9.46. The number of carbonyl (C=O) groups excluding carboxylic acids is 1. The lowest BCUT2D eigenvalue weighted by Crippen LogP contribution is -2.43. The minimum absolute atomic E-state index is 0.210. The number of rotatable bonds is 6. The number of para-hydroxylation sites is 1. The van der Waals surface area contributed by atoms with Gasteiger partial charge in [-0.15, -0.1) is 0 Å². The quantitative estimate of drug-likeness (QED) is 0.651. The minimum Gasteiger partial charge on any atom is -0.366 e. The predicted molar refractivity (Wildman–Crippen MR) is 123 cm³/mol. The summed E-state index contributed by atoms with van der Waals surface area (Å²) in [6.45, 7) is 2.87. The normalized spacial score (nSPS) is 14.7. The maximum absolute atomic E-state index is 12.2. The summed E-state index contributed by atoms with van der Waals surface area (Å²) in [5, 5.41) is 9.39. The Kier molecular flexibility index (Phi) is 6.30. The van der Waals surface area contributed by atoms with Gasteiger partial charge in [0.25, 0.3) is 5.91 Å². The van der Waals surface area contributed by atoms with Gasteiger partial charge in [-0.25, -0.2) is 0 Å². The van der Waals surface area contributed by atoms with E-state index in [2.05, 4.69) is 40.1 Å². The summed E-state index contributed by atoms with van der Waals surface area (Å²) in [4.78, 5) is 16.8. The molecule has 0 bridgehead atoms. The predicted octanol–water partition coefficient (Wildman–Crippen LogP) is 4.46. The number of hydrogen-bond acceptors (Lipinski definition) is 4. The lowest BCUT2D eigenvalue weighted by molar-refractivity contribution is 0.100. The Balaban J connectivity index is 1.62. The number of likely N-dealkylation sites (tertiary alicyclic amines) is 1. The van der Waals surface area contributed by atoms with E-state index < -0.39 is 5.91 Å². The fourth-order valence-corrected chi connectivity index (χ4v) is 4.34. The van der Waals surface area contributed by atoms with E-state index in [9.17, 15) is 10.1 Å². The molecule has 31 heavy (non-hydrogen) atoms. The molecule has 0 spiro atoms. The highest BCUT2D eigenvalue weighted by Crippen LogP contribution is 2.35. The summed E-state index contributed by atoms with van der Waals surface area (Å²) in [6.07, 6.45) is 1.91. The topological polar surface area (TPSA) is 73.4 Å². The van der Waals surface area contributed by atoms with Gasteiger partial charge in [-0.1, -0.05) is 48.5 Å². The standard InChI is InChI=1S/C26H26N4O/c27-18-21-9-6-10-23(17-21)30(25-12-5-4-11-24(25)26(28)31)22-13-15-29(16-14-22)19-20-7-2-1-3-8-20/h1-12,17,22H,13-16,19H2,(H2,28,31). The van der Waals surface area contributed by atoms with E-state index >= 15 is 0 Å². The van der Waals surface area contributed by atoms with Crippen molar-refractivity contribution in [1.82, 2.24) is 4.90 Å². The van der Waals surface area contributed by atoms with Crippen molar-refractivity contribution in [2.75, 3.05) is 18.0 Å². The fraction of sp³-hybridized carbons (Fsp3) is 0.231. The number of primary amides is 1. The molecule has 5 nitrogen and oxygen atoms in total. The van der Waals surface area contributed by atoms with Crippen molar-refractivity contribution >= 4 is 17.3 Å². The Morgan fingerprint density at radius 2 is 1.71 bits per heavy atom. The number of piperidine rings is 1. The number of anilines is 2. The average Bonchev–Trinajstić information content (AvgIpc) is 2.81. The molecule has 0 radical (unpaired) electrons. The van der Waals surface area contributed by atoms with Gasteiger partial charge in [0.15, 0.2) is 0 Å². The van der Waals surface area contributed by atoms with Crippen molar-refractivity contribution in [3.63, 3.8) is 0 Å². The maximum atomic E-state index is 12.2. The first-order valence-electron chi connectivity index (χ1n) is 10.6. The van der Waals surface area contributed by atoms with Crippen molar-refractivity contribution < 1.29 is 4.79 Å². The molecule has 0 unspecified atom stereocenters. The summed E-state index contributed by atoms with van der Waals surface area (Å²) >= 11 is 0. The number of nitriles is 1. The molecule has 1 aliphatic rings. The third kappa shape index (κ3) is 4.76. The molecule has 5 heteroatoms. The van der Waals surface area contributed by atoms with Crippen LogP contribution in [0.25, 0.3) is 0 Å². The van der Waals surface area contributed by atoms with E-state index in [1.54, 1.807) is 12.1 Å². The van der Waals surface area contributed by atoms with Crippen LogP contribution in [-0.4, -0.2) is 29.9 Å². The van der Waals surface area contributed by atoms with Crippen LogP contribution in [0.3, 0.4) is 0 Å². The van der Waals surface area contributed by atoms with Gasteiger partial charge in [0.1, 0.15) is 0 Å². The highest BCUT2D eigenvalue weighted by molar-refractivity contribution is 5.99. The molecule has 1 aliphatic heterocycles. The molecule has 0 aliphatic carbocycles. The van der Waals surface area contributed by atoms with E-state index in [-0.39, 0.29) is 6.04 Å². The first-order chi connectivity index (χ1) is 15.2. The van der Waals surface area contributed by atoms with Crippen LogP contribution in [0.1, 0.15) is 34.3 Å². The summed E-state index contributed by atoms with van der Waals surface area (Å²) in [5.74, 6) is -0.446. The zero-order chi connectivity index (χ0) is 21.6. The van der Waals surface area contributed by atoms with Gasteiger partial charge in [0.2, 0.25) is 0 Å². The van der Waals surface area contributed by atoms with E-state index in [0.717, 1.165) is 43.9 Å². The lowest BCUT2D eigenvalue weighted by atomic mass is 9.98. The molecule has 2 N–H and O–H groups in total. The smallest absolute Gasteiger partial charge is 0.250 e. The molecular formula is C26H26N4O. The number of carbonyl (C=O) groups is 1. The van der Waals surface area contributed by atoms with Crippen molar-refractivity contribution in [1.29, 1.82) is 5.26 Å². The number of nitrogens with zero attached hydrogens (tertiary/aromatic N) is 3. The maximum Gasteiger partial charge on any atom is 0.250 e. The Bertz CT molecular complexity index is 1080. The fourth-order valence-electron chi connectivity index (χ4n) is 4.34. The SMILES string of the molecule is N#Cc1cccc(N(c2ccccc2C(N)=O)C2CCN(Cc3ccccc3)CC2)c1. The van der Waals surface area contributed by atoms with E-state index in [4.69, 9.17) is 5.73 Å². The van der Waals surface area contributed by atoms with Gasteiger partial charge < -0.3 is 10.6 Å². The number of nitrogens with two attached hydrogens (primary N) is 1. The molecule has 0 aromatic heterocycles. The largest absolute Gasteiger partial charge is 0.366 e. The third-order valence-corrected chi connectivity index (χ3v) is 5.85. The number of amides is 1. The van der Waals surface area contributed by atoms with E-state index in [1.165, 1.54) is 5.56 Å². The summed E-state index contributed by atoms with van der Waals surface area (Å²) in [6, 6.07) is 28.0. The zero-order valence-electron chi connectivity index (χ0n) is 17.4.